The number of hydrogen-bond donors (Lipinski definition) is 1. The Labute approximate surface area is 114 Å². The van der Waals surface area contributed by atoms with Crippen molar-refractivity contribution >= 4 is 5.95 Å². The van der Waals surface area contributed by atoms with E-state index in [-0.39, 0.29) is 0 Å². The normalized spacial score (nSPS) is 10.7. The van der Waals surface area contributed by atoms with Gasteiger partial charge in [-0.2, -0.15) is 5.10 Å². The highest BCUT2D eigenvalue weighted by Crippen LogP contribution is 2.05. The summed E-state index contributed by atoms with van der Waals surface area (Å²) in [6, 6.07) is 4.07. The molecular weight excluding hydrogens is 238 g/mol. The van der Waals surface area contributed by atoms with E-state index in [1.165, 1.54) is 5.69 Å². The van der Waals surface area contributed by atoms with Crippen molar-refractivity contribution in [2.24, 2.45) is 0 Å². The van der Waals surface area contributed by atoms with Crippen molar-refractivity contribution in [1.29, 1.82) is 0 Å². The minimum atomic E-state index is 0.714. The number of aryl methyl sites for hydroxylation is 5. The van der Waals surface area contributed by atoms with Crippen molar-refractivity contribution in [3.05, 3.63) is 34.9 Å². The second-order valence-electron chi connectivity index (χ2n) is 4.90. The van der Waals surface area contributed by atoms with Gasteiger partial charge in [0.1, 0.15) is 0 Å². The molecule has 2 aromatic rings. The summed E-state index contributed by atoms with van der Waals surface area (Å²) in [5.41, 5.74) is 4.27. The van der Waals surface area contributed by atoms with Crippen LogP contribution < -0.4 is 5.32 Å². The Morgan fingerprint density at radius 3 is 2.26 bits per heavy atom. The molecule has 2 heterocycles. The van der Waals surface area contributed by atoms with Gasteiger partial charge in [-0.25, -0.2) is 9.97 Å². The van der Waals surface area contributed by atoms with E-state index in [0.717, 1.165) is 36.6 Å². The molecule has 1 N–H and O–H groups in total. The van der Waals surface area contributed by atoms with Gasteiger partial charge in [0.15, 0.2) is 0 Å². The molecule has 0 aliphatic carbocycles. The van der Waals surface area contributed by atoms with Crippen LogP contribution in [0.2, 0.25) is 0 Å². The van der Waals surface area contributed by atoms with Crippen LogP contribution in [-0.2, 0) is 6.54 Å². The number of rotatable bonds is 5. The standard InChI is InChI=1S/C14H21N5/c1-10-8-11(2)17-14(16-10)15-6-5-7-19-13(4)9-12(3)18-19/h8-9H,5-7H2,1-4H3,(H,15,16,17). The van der Waals surface area contributed by atoms with Gasteiger partial charge in [0.25, 0.3) is 0 Å². The van der Waals surface area contributed by atoms with E-state index in [0.29, 0.717) is 5.95 Å². The lowest BCUT2D eigenvalue weighted by Crippen LogP contribution is -2.11. The predicted molar refractivity (Wildman–Crippen MR) is 76.3 cm³/mol. The van der Waals surface area contributed by atoms with Crippen molar-refractivity contribution in [3.8, 4) is 0 Å². The van der Waals surface area contributed by atoms with Crippen LogP contribution in [0.4, 0.5) is 5.95 Å². The molecule has 0 spiro atoms. The lowest BCUT2D eigenvalue weighted by Gasteiger charge is -2.07. The van der Waals surface area contributed by atoms with Crippen molar-refractivity contribution in [3.63, 3.8) is 0 Å². The van der Waals surface area contributed by atoms with E-state index in [9.17, 15) is 0 Å². The predicted octanol–water partition coefficient (Wildman–Crippen LogP) is 2.41. The fourth-order valence-electron chi connectivity index (χ4n) is 2.14. The Bertz CT molecular complexity index is 539. The Morgan fingerprint density at radius 1 is 1.00 bits per heavy atom. The van der Waals surface area contributed by atoms with E-state index in [1.807, 2.05) is 31.5 Å². The average molecular weight is 259 g/mol. The summed E-state index contributed by atoms with van der Waals surface area (Å²) in [4.78, 5) is 8.71. The molecule has 5 nitrogen and oxygen atoms in total. The summed E-state index contributed by atoms with van der Waals surface area (Å²) in [6.07, 6.45) is 0.998. The van der Waals surface area contributed by atoms with E-state index >= 15 is 0 Å². The van der Waals surface area contributed by atoms with E-state index in [4.69, 9.17) is 0 Å². The fraction of sp³-hybridized carbons (Fsp3) is 0.500. The molecule has 0 bridgehead atoms. The maximum atomic E-state index is 4.44. The molecule has 102 valence electrons. The highest BCUT2D eigenvalue weighted by Gasteiger charge is 2.01. The number of anilines is 1. The van der Waals surface area contributed by atoms with E-state index in [2.05, 4.69) is 33.4 Å². The van der Waals surface area contributed by atoms with Crippen molar-refractivity contribution in [2.75, 3.05) is 11.9 Å². The third kappa shape index (κ3) is 3.77. The van der Waals surface area contributed by atoms with Crippen LogP contribution in [0.15, 0.2) is 12.1 Å². The highest BCUT2D eigenvalue weighted by molar-refractivity contribution is 5.27. The fourth-order valence-corrected chi connectivity index (χ4v) is 2.14. The van der Waals surface area contributed by atoms with Crippen LogP contribution in [0.1, 0.15) is 29.2 Å². The van der Waals surface area contributed by atoms with Crippen LogP contribution in [0.25, 0.3) is 0 Å². The first-order valence-corrected chi connectivity index (χ1v) is 6.62. The first-order chi connectivity index (χ1) is 9.04. The Kier molecular flexibility index (Phi) is 4.14. The molecule has 0 atom stereocenters. The lowest BCUT2D eigenvalue weighted by molar-refractivity contribution is 0.573. The van der Waals surface area contributed by atoms with Gasteiger partial charge >= 0.3 is 0 Å². The zero-order valence-corrected chi connectivity index (χ0v) is 12.1. The molecule has 0 radical (unpaired) electrons. The third-order valence-corrected chi connectivity index (χ3v) is 2.92. The summed E-state index contributed by atoms with van der Waals surface area (Å²) in [5, 5.41) is 7.70. The van der Waals surface area contributed by atoms with Gasteiger partial charge in [-0.15, -0.1) is 0 Å². The van der Waals surface area contributed by atoms with Crippen molar-refractivity contribution < 1.29 is 0 Å². The molecule has 0 saturated carbocycles. The van der Waals surface area contributed by atoms with Gasteiger partial charge < -0.3 is 5.32 Å². The maximum Gasteiger partial charge on any atom is 0.223 e. The number of nitrogens with one attached hydrogen (secondary N) is 1. The number of aromatic nitrogens is 4. The van der Waals surface area contributed by atoms with Crippen molar-refractivity contribution in [1.82, 2.24) is 19.7 Å². The summed E-state index contributed by atoms with van der Waals surface area (Å²) in [7, 11) is 0. The lowest BCUT2D eigenvalue weighted by atomic mass is 10.3. The summed E-state index contributed by atoms with van der Waals surface area (Å²) < 4.78 is 2.04. The van der Waals surface area contributed by atoms with E-state index in [1.54, 1.807) is 0 Å². The van der Waals surface area contributed by atoms with Gasteiger partial charge in [-0.05, 0) is 46.2 Å². The zero-order chi connectivity index (χ0) is 13.8. The molecule has 5 heteroatoms. The maximum absolute atomic E-state index is 4.44. The summed E-state index contributed by atoms with van der Waals surface area (Å²) in [6.45, 7) is 9.83. The van der Waals surface area contributed by atoms with Gasteiger partial charge in [0, 0.05) is 30.2 Å². The Morgan fingerprint density at radius 2 is 1.68 bits per heavy atom. The average Bonchev–Trinajstić information content (AvgIpc) is 2.62. The first-order valence-electron chi connectivity index (χ1n) is 6.62. The summed E-state index contributed by atoms with van der Waals surface area (Å²) in [5.74, 6) is 0.714. The minimum absolute atomic E-state index is 0.714. The molecule has 0 aliphatic rings. The Hall–Kier alpha value is -1.91. The molecule has 2 aromatic heterocycles. The topological polar surface area (TPSA) is 55.6 Å². The van der Waals surface area contributed by atoms with Crippen LogP contribution in [0.5, 0.6) is 0 Å². The van der Waals surface area contributed by atoms with Crippen LogP contribution in [0, 0.1) is 27.7 Å². The smallest absolute Gasteiger partial charge is 0.223 e. The van der Waals surface area contributed by atoms with Crippen LogP contribution in [-0.4, -0.2) is 26.3 Å². The SMILES string of the molecule is Cc1cc(C)nc(NCCCn2nc(C)cc2C)n1. The molecular formula is C14H21N5. The van der Waals surface area contributed by atoms with Gasteiger partial charge in [0.05, 0.1) is 5.69 Å². The Balaban J connectivity index is 1.82. The van der Waals surface area contributed by atoms with Gasteiger partial charge in [-0.3, -0.25) is 4.68 Å². The van der Waals surface area contributed by atoms with Crippen LogP contribution in [0.3, 0.4) is 0 Å². The first kappa shape index (κ1) is 13.5. The highest BCUT2D eigenvalue weighted by atomic mass is 15.3. The monoisotopic (exact) mass is 259 g/mol. The van der Waals surface area contributed by atoms with E-state index < -0.39 is 0 Å². The van der Waals surface area contributed by atoms with Crippen LogP contribution >= 0.6 is 0 Å². The minimum Gasteiger partial charge on any atom is -0.354 e. The number of hydrogen-bond acceptors (Lipinski definition) is 4. The van der Waals surface area contributed by atoms with Gasteiger partial charge in [-0.1, -0.05) is 0 Å². The zero-order valence-electron chi connectivity index (χ0n) is 12.1. The second-order valence-corrected chi connectivity index (χ2v) is 4.90. The molecule has 0 aliphatic heterocycles. The van der Waals surface area contributed by atoms with Gasteiger partial charge in [0.2, 0.25) is 5.95 Å². The largest absolute Gasteiger partial charge is 0.354 e. The third-order valence-electron chi connectivity index (χ3n) is 2.92. The van der Waals surface area contributed by atoms with Crippen molar-refractivity contribution in [2.45, 2.75) is 40.7 Å². The molecule has 2 rings (SSSR count). The summed E-state index contributed by atoms with van der Waals surface area (Å²) >= 11 is 0. The molecule has 0 unspecified atom stereocenters. The molecule has 19 heavy (non-hydrogen) atoms. The molecule has 0 aromatic carbocycles. The molecule has 0 fully saturated rings. The molecule has 0 amide bonds. The quantitative estimate of drug-likeness (QED) is 0.838. The molecule has 0 saturated heterocycles. The number of nitrogens with zero attached hydrogens (tertiary/aromatic N) is 4. The second kappa shape index (κ2) is 5.82.